The molecule has 26 heavy (non-hydrogen) atoms. The number of hydrogen-bond acceptors (Lipinski definition) is 5. The topological polar surface area (TPSA) is 64.6 Å². The average molecular weight is 398 g/mol. The number of rotatable bonds is 7. The zero-order chi connectivity index (χ0) is 19.1. The van der Waals surface area contributed by atoms with Crippen LogP contribution in [0.4, 0.5) is 10.1 Å². The molecule has 0 aromatic heterocycles. The number of amides is 1. The molecule has 0 spiro atoms. The van der Waals surface area contributed by atoms with Crippen LogP contribution in [0.3, 0.4) is 0 Å². The van der Waals surface area contributed by atoms with Gasteiger partial charge in [-0.15, -0.1) is 11.8 Å². The summed E-state index contributed by atoms with van der Waals surface area (Å²) in [6.45, 7) is 1.45. The van der Waals surface area contributed by atoms with Crippen molar-refractivity contribution in [3.63, 3.8) is 0 Å². The predicted molar refractivity (Wildman–Crippen MR) is 99.3 cm³/mol. The van der Waals surface area contributed by atoms with Gasteiger partial charge in [-0.3, -0.25) is 9.59 Å². The Morgan fingerprint density at radius 2 is 1.92 bits per heavy atom. The zero-order valence-electron chi connectivity index (χ0n) is 14.1. The van der Waals surface area contributed by atoms with Crippen molar-refractivity contribution >= 4 is 40.9 Å². The summed E-state index contributed by atoms with van der Waals surface area (Å²) in [4.78, 5) is 24.8. The summed E-state index contributed by atoms with van der Waals surface area (Å²) in [6, 6.07) is 10.8. The van der Waals surface area contributed by atoms with Gasteiger partial charge in [-0.2, -0.15) is 0 Å². The van der Waals surface area contributed by atoms with E-state index in [1.54, 1.807) is 19.2 Å². The standard InChI is InChI=1S/C18H17ClFNO4S/c1-11(18(23)21-16-8-3-12(20)9-15(16)19)25-17(22)10-26-14-6-4-13(24-2)5-7-14/h3-9,11H,10H2,1-2H3,(H,21,23)/t11-/m0/s1. The lowest BCUT2D eigenvalue weighted by Gasteiger charge is -2.14. The van der Waals surface area contributed by atoms with Crippen molar-refractivity contribution in [3.8, 4) is 5.75 Å². The Hall–Kier alpha value is -2.25. The van der Waals surface area contributed by atoms with E-state index >= 15 is 0 Å². The third kappa shape index (κ3) is 5.93. The second-order valence-corrected chi connectivity index (χ2v) is 6.67. The number of nitrogens with one attached hydrogen (secondary N) is 1. The minimum absolute atomic E-state index is 0.0568. The van der Waals surface area contributed by atoms with Crippen LogP contribution < -0.4 is 10.1 Å². The fraction of sp³-hybridized carbons (Fsp3) is 0.222. The van der Waals surface area contributed by atoms with Crippen LogP contribution in [-0.4, -0.2) is 30.8 Å². The van der Waals surface area contributed by atoms with E-state index in [-0.39, 0.29) is 16.5 Å². The zero-order valence-corrected chi connectivity index (χ0v) is 15.7. The molecule has 0 heterocycles. The largest absolute Gasteiger partial charge is 0.497 e. The molecule has 138 valence electrons. The highest BCUT2D eigenvalue weighted by Crippen LogP contribution is 2.23. The highest BCUT2D eigenvalue weighted by Gasteiger charge is 2.19. The molecule has 5 nitrogen and oxygen atoms in total. The van der Waals surface area contributed by atoms with E-state index in [2.05, 4.69) is 5.32 Å². The van der Waals surface area contributed by atoms with Gasteiger partial charge in [0.05, 0.1) is 23.6 Å². The molecule has 0 saturated carbocycles. The number of carbonyl (C=O) groups is 2. The van der Waals surface area contributed by atoms with Crippen LogP contribution in [-0.2, 0) is 14.3 Å². The van der Waals surface area contributed by atoms with E-state index in [0.29, 0.717) is 0 Å². The highest BCUT2D eigenvalue weighted by atomic mass is 35.5. The van der Waals surface area contributed by atoms with Gasteiger partial charge in [0.2, 0.25) is 0 Å². The maximum Gasteiger partial charge on any atom is 0.317 e. The molecule has 0 bridgehead atoms. The van der Waals surface area contributed by atoms with Crippen molar-refractivity contribution in [2.45, 2.75) is 17.9 Å². The molecule has 0 fully saturated rings. The summed E-state index contributed by atoms with van der Waals surface area (Å²) < 4.78 is 23.2. The molecule has 0 saturated heterocycles. The fourth-order valence-corrected chi connectivity index (χ4v) is 2.82. The second kappa shape index (κ2) is 9.45. The van der Waals surface area contributed by atoms with Crippen molar-refractivity contribution in [3.05, 3.63) is 53.3 Å². The third-order valence-corrected chi connectivity index (χ3v) is 4.58. The van der Waals surface area contributed by atoms with Gasteiger partial charge in [-0.1, -0.05) is 11.6 Å². The molecule has 0 radical (unpaired) electrons. The average Bonchev–Trinajstić information content (AvgIpc) is 2.62. The lowest BCUT2D eigenvalue weighted by atomic mass is 10.3. The van der Waals surface area contributed by atoms with Gasteiger partial charge in [-0.05, 0) is 49.4 Å². The molecule has 1 N–H and O–H groups in total. The van der Waals surface area contributed by atoms with Gasteiger partial charge in [0.1, 0.15) is 11.6 Å². The molecule has 0 aliphatic carbocycles. The van der Waals surface area contributed by atoms with Crippen LogP contribution in [0.25, 0.3) is 0 Å². The van der Waals surface area contributed by atoms with Crippen LogP contribution in [0.2, 0.25) is 5.02 Å². The van der Waals surface area contributed by atoms with Crippen LogP contribution in [0.1, 0.15) is 6.92 Å². The Labute approximate surface area is 159 Å². The van der Waals surface area contributed by atoms with E-state index in [1.807, 2.05) is 12.1 Å². The Kier molecular flexibility index (Phi) is 7.29. The minimum Gasteiger partial charge on any atom is -0.497 e. The summed E-state index contributed by atoms with van der Waals surface area (Å²) in [5.41, 5.74) is 0.244. The molecule has 2 aromatic rings. The first kappa shape index (κ1) is 20.1. The highest BCUT2D eigenvalue weighted by molar-refractivity contribution is 8.00. The molecule has 2 aromatic carbocycles. The Balaban J connectivity index is 1.82. The summed E-state index contributed by atoms with van der Waals surface area (Å²) in [6.07, 6.45) is -1.01. The summed E-state index contributed by atoms with van der Waals surface area (Å²) >= 11 is 7.13. The molecule has 2 rings (SSSR count). The number of halogens is 2. The molecular formula is C18H17ClFNO4S. The first-order valence-corrected chi connectivity index (χ1v) is 8.97. The van der Waals surface area contributed by atoms with Crippen molar-refractivity contribution in [2.24, 2.45) is 0 Å². The minimum atomic E-state index is -1.01. The van der Waals surface area contributed by atoms with Crippen LogP contribution in [0, 0.1) is 5.82 Å². The number of ether oxygens (including phenoxy) is 2. The van der Waals surface area contributed by atoms with Gasteiger partial charge in [0, 0.05) is 4.90 Å². The molecule has 0 unspecified atom stereocenters. The van der Waals surface area contributed by atoms with Crippen LogP contribution in [0.5, 0.6) is 5.75 Å². The van der Waals surface area contributed by atoms with Gasteiger partial charge in [0.25, 0.3) is 5.91 Å². The van der Waals surface area contributed by atoms with E-state index in [0.717, 1.165) is 16.7 Å². The first-order chi connectivity index (χ1) is 12.4. The molecule has 0 aliphatic rings. The summed E-state index contributed by atoms with van der Waals surface area (Å²) in [5, 5.41) is 2.56. The number of methoxy groups -OCH3 is 1. The van der Waals surface area contributed by atoms with Crippen molar-refractivity contribution < 1.29 is 23.5 Å². The lowest BCUT2D eigenvalue weighted by Crippen LogP contribution is -2.30. The Morgan fingerprint density at radius 3 is 2.54 bits per heavy atom. The maximum atomic E-state index is 13.0. The molecule has 8 heteroatoms. The SMILES string of the molecule is COc1ccc(SCC(=O)O[C@@H](C)C(=O)Nc2ccc(F)cc2Cl)cc1. The normalized spacial score (nSPS) is 11.5. The summed E-state index contributed by atoms with van der Waals surface area (Å²) in [7, 11) is 1.57. The number of hydrogen-bond donors (Lipinski definition) is 1. The fourth-order valence-electron chi connectivity index (χ4n) is 1.92. The predicted octanol–water partition coefficient (Wildman–Crippen LogP) is 4.15. The van der Waals surface area contributed by atoms with Gasteiger partial charge >= 0.3 is 5.97 Å². The number of carbonyl (C=O) groups excluding carboxylic acids is 2. The summed E-state index contributed by atoms with van der Waals surface area (Å²) in [5.74, 6) is -0.814. The third-order valence-electron chi connectivity index (χ3n) is 3.28. The molecule has 1 atom stereocenters. The monoisotopic (exact) mass is 397 g/mol. The van der Waals surface area contributed by atoms with Crippen molar-refractivity contribution in [1.82, 2.24) is 0 Å². The molecular weight excluding hydrogens is 381 g/mol. The Morgan fingerprint density at radius 1 is 1.23 bits per heavy atom. The maximum absolute atomic E-state index is 13.0. The second-order valence-electron chi connectivity index (χ2n) is 5.21. The van der Waals surface area contributed by atoms with E-state index in [1.165, 1.54) is 30.8 Å². The molecule has 1 amide bonds. The number of anilines is 1. The molecule has 0 aliphatic heterocycles. The van der Waals surface area contributed by atoms with Crippen molar-refractivity contribution in [1.29, 1.82) is 0 Å². The van der Waals surface area contributed by atoms with Gasteiger partial charge in [0.15, 0.2) is 6.10 Å². The lowest BCUT2D eigenvalue weighted by molar-refractivity contribution is -0.150. The first-order valence-electron chi connectivity index (χ1n) is 7.61. The quantitative estimate of drug-likeness (QED) is 0.561. The van der Waals surface area contributed by atoms with Gasteiger partial charge < -0.3 is 14.8 Å². The van der Waals surface area contributed by atoms with E-state index < -0.39 is 23.8 Å². The van der Waals surface area contributed by atoms with Crippen molar-refractivity contribution in [2.75, 3.05) is 18.2 Å². The van der Waals surface area contributed by atoms with E-state index in [4.69, 9.17) is 21.1 Å². The smallest absolute Gasteiger partial charge is 0.317 e. The number of esters is 1. The van der Waals surface area contributed by atoms with Crippen LogP contribution in [0.15, 0.2) is 47.4 Å². The number of benzene rings is 2. The number of thioether (sulfide) groups is 1. The Bertz CT molecular complexity index is 785. The van der Waals surface area contributed by atoms with Gasteiger partial charge in [-0.25, -0.2) is 4.39 Å². The van der Waals surface area contributed by atoms with Crippen LogP contribution >= 0.6 is 23.4 Å². The van der Waals surface area contributed by atoms with E-state index in [9.17, 15) is 14.0 Å².